The summed E-state index contributed by atoms with van der Waals surface area (Å²) in [6.07, 6.45) is 0.967. The standard InChI is InChI=1S/C15H16N2O3/c1-15(2,3)20-14(19)16-10-4-5-12-6-8-13(9-7-12)17-11-18/h6-9H,10H2,1-3H3,(H,16,19). The number of alkyl carbamates (subject to hydrolysis) is 1. The van der Waals surface area contributed by atoms with Crippen LogP contribution in [0.2, 0.25) is 0 Å². The van der Waals surface area contributed by atoms with Gasteiger partial charge in [-0.05, 0) is 45.0 Å². The van der Waals surface area contributed by atoms with Crippen molar-refractivity contribution in [1.29, 1.82) is 0 Å². The minimum absolute atomic E-state index is 0.198. The van der Waals surface area contributed by atoms with Gasteiger partial charge in [0, 0.05) is 5.56 Å². The summed E-state index contributed by atoms with van der Waals surface area (Å²) in [7, 11) is 0. The highest BCUT2D eigenvalue weighted by Gasteiger charge is 2.14. The van der Waals surface area contributed by atoms with Crippen LogP contribution in [0.1, 0.15) is 26.3 Å². The van der Waals surface area contributed by atoms with Gasteiger partial charge in [0.05, 0.1) is 12.2 Å². The van der Waals surface area contributed by atoms with E-state index >= 15 is 0 Å². The zero-order valence-corrected chi connectivity index (χ0v) is 11.7. The van der Waals surface area contributed by atoms with E-state index in [-0.39, 0.29) is 6.54 Å². The molecule has 1 aromatic rings. The van der Waals surface area contributed by atoms with E-state index in [0.29, 0.717) is 5.69 Å². The Hall–Kier alpha value is -2.57. The third-order valence-corrected chi connectivity index (χ3v) is 1.99. The molecule has 5 nitrogen and oxygen atoms in total. The molecular weight excluding hydrogens is 256 g/mol. The summed E-state index contributed by atoms with van der Waals surface area (Å²) in [5.41, 5.74) is 0.769. The summed E-state index contributed by atoms with van der Waals surface area (Å²) in [5, 5.41) is 2.54. The normalized spacial score (nSPS) is 9.75. The highest BCUT2D eigenvalue weighted by atomic mass is 16.6. The molecule has 0 radical (unpaired) electrons. The molecule has 0 fully saturated rings. The van der Waals surface area contributed by atoms with Crippen LogP contribution in [0.5, 0.6) is 0 Å². The molecule has 0 saturated heterocycles. The average molecular weight is 272 g/mol. The Labute approximate surface area is 118 Å². The van der Waals surface area contributed by atoms with E-state index < -0.39 is 11.7 Å². The lowest BCUT2D eigenvalue weighted by atomic mass is 10.2. The minimum atomic E-state index is -0.521. The van der Waals surface area contributed by atoms with Gasteiger partial charge in [0.25, 0.3) is 0 Å². The van der Waals surface area contributed by atoms with E-state index in [1.807, 2.05) is 0 Å². The third-order valence-electron chi connectivity index (χ3n) is 1.99. The van der Waals surface area contributed by atoms with Crippen molar-refractivity contribution in [2.75, 3.05) is 6.54 Å². The van der Waals surface area contributed by atoms with Gasteiger partial charge in [-0.2, -0.15) is 4.99 Å². The lowest BCUT2D eigenvalue weighted by Crippen LogP contribution is -2.32. The topological polar surface area (TPSA) is 67.8 Å². The maximum Gasteiger partial charge on any atom is 0.408 e. The van der Waals surface area contributed by atoms with E-state index in [1.54, 1.807) is 45.0 Å². The number of isocyanates is 1. The minimum Gasteiger partial charge on any atom is -0.444 e. The smallest absolute Gasteiger partial charge is 0.408 e. The Bertz CT molecular complexity index is 568. The third kappa shape index (κ3) is 6.39. The second kappa shape index (κ2) is 7.13. The van der Waals surface area contributed by atoms with Crippen molar-refractivity contribution >= 4 is 17.9 Å². The van der Waals surface area contributed by atoms with Crippen molar-refractivity contribution in [3.63, 3.8) is 0 Å². The number of hydrogen-bond donors (Lipinski definition) is 1. The predicted octanol–water partition coefficient (Wildman–Crippen LogP) is 2.53. The van der Waals surface area contributed by atoms with E-state index in [2.05, 4.69) is 22.2 Å². The molecule has 5 heteroatoms. The summed E-state index contributed by atoms with van der Waals surface area (Å²) < 4.78 is 5.07. The number of ether oxygens (including phenoxy) is 1. The monoisotopic (exact) mass is 272 g/mol. The quantitative estimate of drug-likeness (QED) is 0.511. The van der Waals surface area contributed by atoms with Crippen molar-refractivity contribution < 1.29 is 14.3 Å². The first kappa shape index (κ1) is 15.5. The zero-order valence-electron chi connectivity index (χ0n) is 11.7. The lowest BCUT2D eigenvalue weighted by molar-refractivity contribution is 0.0535. The molecular formula is C15H16N2O3. The van der Waals surface area contributed by atoms with Crippen LogP contribution in [0.4, 0.5) is 10.5 Å². The van der Waals surface area contributed by atoms with Crippen LogP contribution < -0.4 is 5.32 Å². The molecule has 0 aliphatic rings. The van der Waals surface area contributed by atoms with Gasteiger partial charge in [-0.15, -0.1) is 0 Å². The SMILES string of the molecule is CC(C)(C)OC(=O)NCC#Cc1ccc(N=C=O)cc1. The Morgan fingerprint density at radius 1 is 1.30 bits per heavy atom. The molecule has 0 spiro atoms. The maximum absolute atomic E-state index is 11.3. The molecule has 104 valence electrons. The molecule has 1 N–H and O–H groups in total. The van der Waals surface area contributed by atoms with Gasteiger partial charge in [-0.3, -0.25) is 0 Å². The molecule has 20 heavy (non-hydrogen) atoms. The van der Waals surface area contributed by atoms with Gasteiger partial charge in [-0.1, -0.05) is 11.8 Å². The fraction of sp³-hybridized carbons (Fsp3) is 0.333. The van der Waals surface area contributed by atoms with E-state index in [9.17, 15) is 9.59 Å². The lowest BCUT2D eigenvalue weighted by Gasteiger charge is -2.18. The van der Waals surface area contributed by atoms with Crippen molar-refractivity contribution in [2.45, 2.75) is 26.4 Å². The highest BCUT2D eigenvalue weighted by Crippen LogP contribution is 2.11. The summed E-state index contributed by atoms with van der Waals surface area (Å²) in [5.74, 6) is 5.67. The van der Waals surface area contributed by atoms with Gasteiger partial charge in [-0.25, -0.2) is 9.59 Å². The van der Waals surface area contributed by atoms with Crippen LogP contribution in [-0.4, -0.2) is 24.3 Å². The van der Waals surface area contributed by atoms with Crippen LogP contribution in [0.25, 0.3) is 0 Å². The second-order valence-electron chi connectivity index (χ2n) is 4.91. The first-order valence-electron chi connectivity index (χ1n) is 6.04. The Morgan fingerprint density at radius 2 is 1.95 bits per heavy atom. The Kier molecular flexibility index (Phi) is 5.52. The van der Waals surface area contributed by atoms with Gasteiger partial charge in [0.1, 0.15) is 5.60 Å². The van der Waals surface area contributed by atoms with Crippen LogP contribution in [0.15, 0.2) is 29.3 Å². The number of nitrogens with one attached hydrogen (secondary N) is 1. The number of carbonyl (C=O) groups excluding carboxylic acids is 2. The summed E-state index contributed by atoms with van der Waals surface area (Å²) in [6.45, 7) is 5.58. The van der Waals surface area contributed by atoms with Crippen molar-refractivity contribution in [2.24, 2.45) is 4.99 Å². The molecule has 0 aliphatic heterocycles. The zero-order chi connectivity index (χ0) is 15.0. The number of aliphatic imine (C=N–C) groups is 1. The fourth-order valence-electron chi connectivity index (χ4n) is 1.25. The number of rotatable bonds is 2. The summed E-state index contributed by atoms with van der Waals surface area (Å²) >= 11 is 0. The molecule has 0 heterocycles. The first-order valence-corrected chi connectivity index (χ1v) is 6.04. The molecule has 1 amide bonds. The van der Waals surface area contributed by atoms with Gasteiger partial charge >= 0.3 is 6.09 Å². The molecule has 0 aromatic heterocycles. The number of hydrogen-bond acceptors (Lipinski definition) is 4. The maximum atomic E-state index is 11.3. The average Bonchev–Trinajstić information content (AvgIpc) is 2.35. The van der Waals surface area contributed by atoms with E-state index in [0.717, 1.165) is 5.56 Å². The summed E-state index contributed by atoms with van der Waals surface area (Å²) in [6, 6.07) is 6.79. The number of amides is 1. The van der Waals surface area contributed by atoms with Crippen molar-refractivity contribution in [3.05, 3.63) is 29.8 Å². The van der Waals surface area contributed by atoms with Crippen LogP contribution in [-0.2, 0) is 9.53 Å². The van der Waals surface area contributed by atoms with Gasteiger partial charge in [0.15, 0.2) is 0 Å². The number of carbonyl (C=O) groups is 1. The molecule has 1 rings (SSSR count). The molecule has 0 atom stereocenters. The first-order chi connectivity index (χ1) is 9.40. The molecule has 0 unspecified atom stereocenters. The van der Waals surface area contributed by atoms with E-state index in [4.69, 9.17) is 4.74 Å². The fourth-order valence-corrected chi connectivity index (χ4v) is 1.25. The molecule has 0 aliphatic carbocycles. The molecule has 1 aromatic carbocycles. The second-order valence-corrected chi connectivity index (χ2v) is 4.91. The van der Waals surface area contributed by atoms with Gasteiger partial charge in [0.2, 0.25) is 6.08 Å². The van der Waals surface area contributed by atoms with Crippen LogP contribution >= 0.6 is 0 Å². The Morgan fingerprint density at radius 3 is 2.50 bits per heavy atom. The highest BCUT2D eigenvalue weighted by molar-refractivity contribution is 5.68. The number of nitrogens with zero attached hydrogens (tertiary/aromatic N) is 1. The van der Waals surface area contributed by atoms with Crippen molar-refractivity contribution in [1.82, 2.24) is 5.32 Å². The molecule has 0 saturated carbocycles. The molecule has 0 bridgehead atoms. The van der Waals surface area contributed by atoms with Crippen LogP contribution in [0, 0.1) is 11.8 Å². The largest absolute Gasteiger partial charge is 0.444 e. The Balaban J connectivity index is 2.46. The van der Waals surface area contributed by atoms with E-state index in [1.165, 1.54) is 6.08 Å². The summed E-state index contributed by atoms with van der Waals surface area (Å²) in [4.78, 5) is 24.9. The van der Waals surface area contributed by atoms with Crippen LogP contribution in [0.3, 0.4) is 0 Å². The van der Waals surface area contributed by atoms with Gasteiger partial charge < -0.3 is 10.1 Å². The number of benzene rings is 1. The predicted molar refractivity (Wildman–Crippen MR) is 75.3 cm³/mol. The van der Waals surface area contributed by atoms with Crippen molar-refractivity contribution in [3.8, 4) is 11.8 Å².